The summed E-state index contributed by atoms with van der Waals surface area (Å²) < 4.78 is 12.0. The van der Waals surface area contributed by atoms with Gasteiger partial charge in [0.1, 0.15) is 15.8 Å². The quantitative estimate of drug-likeness (QED) is 0.500. The number of benzene rings is 1. The molecule has 0 aliphatic carbocycles. The van der Waals surface area contributed by atoms with Crippen molar-refractivity contribution >= 4 is 56.2 Å². The zero-order valence-electron chi connectivity index (χ0n) is 14.1. The molecule has 0 unspecified atom stereocenters. The van der Waals surface area contributed by atoms with Crippen molar-refractivity contribution in [3.8, 4) is 11.5 Å². The topological polar surface area (TPSA) is 51.7 Å². The van der Waals surface area contributed by atoms with Gasteiger partial charge in [-0.15, -0.1) is 0 Å². The maximum atomic E-state index is 12.8. The van der Waals surface area contributed by atoms with E-state index in [-0.39, 0.29) is 5.91 Å². The Morgan fingerprint density at radius 3 is 2.73 bits per heavy atom. The molecular weight excluding hydrogens is 436 g/mol. The Kier molecular flexibility index (Phi) is 5.95. The minimum Gasteiger partial charge on any atom is -0.496 e. The van der Waals surface area contributed by atoms with Gasteiger partial charge in [-0.3, -0.25) is 14.7 Å². The van der Waals surface area contributed by atoms with Crippen LogP contribution >= 0.6 is 39.9 Å². The fourth-order valence-corrected chi connectivity index (χ4v) is 4.22. The summed E-state index contributed by atoms with van der Waals surface area (Å²) in [5, 5.41) is 0. The number of hydrogen-bond donors (Lipinski definition) is 0. The summed E-state index contributed by atoms with van der Waals surface area (Å²) in [6.45, 7) is 0.402. The van der Waals surface area contributed by atoms with Gasteiger partial charge >= 0.3 is 0 Å². The van der Waals surface area contributed by atoms with Crippen molar-refractivity contribution in [3.05, 3.63) is 57.2 Å². The largest absolute Gasteiger partial charge is 0.496 e. The number of hydrogen-bond acceptors (Lipinski definition) is 6. The van der Waals surface area contributed by atoms with Crippen LogP contribution < -0.4 is 9.47 Å². The van der Waals surface area contributed by atoms with Gasteiger partial charge < -0.3 is 9.47 Å². The number of thiocarbonyl (C=S) groups is 1. The molecule has 0 saturated carbocycles. The van der Waals surface area contributed by atoms with E-state index in [9.17, 15) is 4.79 Å². The summed E-state index contributed by atoms with van der Waals surface area (Å²) >= 11 is 10.1. The van der Waals surface area contributed by atoms with E-state index in [0.29, 0.717) is 27.3 Å². The molecule has 8 heteroatoms. The van der Waals surface area contributed by atoms with Crippen LogP contribution in [0.25, 0.3) is 6.08 Å². The molecule has 0 N–H and O–H groups in total. The minimum atomic E-state index is -0.127. The van der Waals surface area contributed by atoms with Crippen LogP contribution in [-0.4, -0.2) is 34.3 Å². The van der Waals surface area contributed by atoms with Gasteiger partial charge in [-0.25, -0.2) is 0 Å². The lowest BCUT2D eigenvalue weighted by atomic mass is 10.1. The highest BCUT2D eigenvalue weighted by Gasteiger charge is 2.32. The molecule has 1 aliphatic rings. The third kappa shape index (κ3) is 3.92. The zero-order chi connectivity index (χ0) is 18.7. The monoisotopic (exact) mass is 450 g/mol. The molecule has 1 saturated heterocycles. The van der Waals surface area contributed by atoms with Crippen molar-refractivity contribution in [1.82, 2.24) is 9.88 Å². The Morgan fingerprint density at radius 1 is 1.31 bits per heavy atom. The van der Waals surface area contributed by atoms with Crippen LogP contribution in [0.1, 0.15) is 11.1 Å². The Bertz CT molecular complexity index is 888. The number of pyridine rings is 1. The molecule has 2 aromatic rings. The van der Waals surface area contributed by atoms with E-state index in [1.807, 2.05) is 18.2 Å². The van der Waals surface area contributed by atoms with E-state index < -0.39 is 0 Å². The summed E-state index contributed by atoms with van der Waals surface area (Å²) in [4.78, 5) is 19.0. The number of aromatic nitrogens is 1. The second-order valence-corrected chi connectivity index (χ2v) is 7.89. The molecule has 0 radical (unpaired) electrons. The summed E-state index contributed by atoms with van der Waals surface area (Å²) in [7, 11) is 3.16. The molecule has 1 aromatic heterocycles. The average Bonchev–Trinajstić information content (AvgIpc) is 2.90. The number of rotatable bonds is 5. The van der Waals surface area contributed by atoms with Gasteiger partial charge in [0.25, 0.3) is 5.91 Å². The highest BCUT2D eigenvalue weighted by atomic mass is 79.9. The van der Waals surface area contributed by atoms with E-state index in [2.05, 4.69) is 20.9 Å². The maximum Gasteiger partial charge on any atom is 0.266 e. The van der Waals surface area contributed by atoms with Crippen LogP contribution in [0.15, 0.2) is 46.0 Å². The normalized spacial score (nSPS) is 15.7. The minimum absolute atomic E-state index is 0.127. The number of halogens is 1. The van der Waals surface area contributed by atoms with E-state index in [4.69, 9.17) is 21.7 Å². The van der Waals surface area contributed by atoms with Crippen LogP contribution in [0, 0.1) is 0 Å². The van der Waals surface area contributed by atoms with Crippen molar-refractivity contribution in [1.29, 1.82) is 0 Å². The molecule has 0 spiro atoms. The van der Waals surface area contributed by atoms with Gasteiger partial charge in [-0.05, 0) is 39.7 Å². The van der Waals surface area contributed by atoms with Gasteiger partial charge in [0.05, 0.1) is 30.1 Å². The summed E-state index contributed by atoms with van der Waals surface area (Å²) in [6, 6.07) is 7.37. The number of carbonyl (C=O) groups excluding carboxylic acids is 1. The standard InChI is InChI=1S/C18H15BrN2O3S2/c1-23-14-8-15(24-2)13(19)6-12(14)7-16-17(22)21(18(25)26-16)10-11-4-3-5-20-9-11/h3-9H,10H2,1-2H3/b16-7-. The van der Waals surface area contributed by atoms with Gasteiger partial charge in [0.15, 0.2) is 0 Å². The third-order valence-corrected chi connectivity index (χ3v) is 5.73. The van der Waals surface area contributed by atoms with Crippen molar-refractivity contribution in [2.45, 2.75) is 6.54 Å². The second kappa shape index (κ2) is 8.20. The molecule has 1 aromatic carbocycles. The van der Waals surface area contributed by atoms with Crippen molar-refractivity contribution in [2.75, 3.05) is 14.2 Å². The first kappa shape index (κ1) is 18.9. The van der Waals surface area contributed by atoms with Crippen LogP contribution in [0.4, 0.5) is 0 Å². The lowest BCUT2D eigenvalue weighted by molar-refractivity contribution is -0.122. The number of thioether (sulfide) groups is 1. The molecule has 5 nitrogen and oxygen atoms in total. The summed E-state index contributed by atoms with van der Waals surface area (Å²) in [5.74, 6) is 1.14. The first-order chi connectivity index (χ1) is 12.5. The number of methoxy groups -OCH3 is 2. The molecule has 3 rings (SSSR count). The maximum absolute atomic E-state index is 12.8. The molecule has 0 atom stereocenters. The van der Waals surface area contributed by atoms with E-state index in [0.717, 1.165) is 15.6 Å². The smallest absolute Gasteiger partial charge is 0.266 e. The molecule has 1 fully saturated rings. The predicted octanol–water partition coefficient (Wildman–Crippen LogP) is 4.26. The lowest BCUT2D eigenvalue weighted by Gasteiger charge is -2.14. The Labute approximate surface area is 169 Å². The molecule has 2 heterocycles. The summed E-state index contributed by atoms with van der Waals surface area (Å²) in [6.07, 6.45) is 5.21. The van der Waals surface area contributed by atoms with Crippen molar-refractivity contribution < 1.29 is 14.3 Å². The number of amides is 1. The Hall–Kier alpha value is -1.90. The van der Waals surface area contributed by atoms with Gasteiger partial charge in [0.2, 0.25) is 0 Å². The van der Waals surface area contributed by atoms with E-state index >= 15 is 0 Å². The third-order valence-electron chi connectivity index (χ3n) is 3.73. The number of carbonyl (C=O) groups is 1. The van der Waals surface area contributed by atoms with Crippen LogP contribution in [-0.2, 0) is 11.3 Å². The highest BCUT2D eigenvalue weighted by molar-refractivity contribution is 9.10. The van der Waals surface area contributed by atoms with Crippen LogP contribution in [0.2, 0.25) is 0 Å². The average molecular weight is 451 g/mol. The Morgan fingerprint density at radius 2 is 2.08 bits per heavy atom. The lowest BCUT2D eigenvalue weighted by Crippen LogP contribution is -2.27. The van der Waals surface area contributed by atoms with Crippen molar-refractivity contribution in [3.63, 3.8) is 0 Å². The first-order valence-corrected chi connectivity index (χ1v) is 9.61. The fourth-order valence-electron chi connectivity index (χ4n) is 2.45. The Balaban J connectivity index is 1.89. The summed E-state index contributed by atoms with van der Waals surface area (Å²) in [5.41, 5.74) is 1.69. The number of ether oxygens (including phenoxy) is 2. The molecule has 134 valence electrons. The second-order valence-electron chi connectivity index (χ2n) is 5.36. The molecule has 26 heavy (non-hydrogen) atoms. The highest BCUT2D eigenvalue weighted by Crippen LogP contribution is 2.38. The van der Waals surface area contributed by atoms with Crippen LogP contribution in [0.3, 0.4) is 0 Å². The van der Waals surface area contributed by atoms with Gasteiger partial charge in [0, 0.05) is 24.0 Å². The van der Waals surface area contributed by atoms with Gasteiger partial charge in [-0.1, -0.05) is 30.0 Å². The zero-order valence-corrected chi connectivity index (χ0v) is 17.3. The fraction of sp³-hybridized carbons (Fsp3) is 0.167. The first-order valence-electron chi connectivity index (χ1n) is 7.59. The number of nitrogens with zero attached hydrogens (tertiary/aromatic N) is 2. The van der Waals surface area contributed by atoms with E-state index in [1.165, 1.54) is 11.8 Å². The SMILES string of the molecule is COc1cc(OC)c(/C=C2\SC(=S)N(Cc3cccnc3)C2=O)cc1Br. The molecular formula is C18H15BrN2O3S2. The van der Waals surface area contributed by atoms with E-state index in [1.54, 1.807) is 43.7 Å². The van der Waals surface area contributed by atoms with Crippen LogP contribution in [0.5, 0.6) is 11.5 Å². The molecule has 0 bridgehead atoms. The molecule has 1 amide bonds. The van der Waals surface area contributed by atoms with Gasteiger partial charge in [-0.2, -0.15) is 0 Å². The predicted molar refractivity (Wildman–Crippen MR) is 110 cm³/mol. The van der Waals surface area contributed by atoms with Crippen molar-refractivity contribution in [2.24, 2.45) is 0 Å². The molecule has 1 aliphatic heterocycles.